The summed E-state index contributed by atoms with van der Waals surface area (Å²) in [7, 11) is 4.64. The Morgan fingerprint density at radius 1 is 0.923 bits per heavy atom. The van der Waals surface area contributed by atoms with E-state index in [0.29, 0.717) is 62.7 Å². The second-order valence-electron chi connectivity index (χ2n) is 19.1. The molecule has 14 atom stereocenters. The molecule has 0 radical (unpaired) electrons. The van der Waals surface area contributed by atoms with Crippen LogP contribution in [0.25, 0.3) is 0 Å². The average Bonchev–Trinajstić information content (AvgIpc) is 3.29. The highest BCUT2D eigenvalue weighted by atomic mass is 16.7. The zero-order valence-electron chi connectivity index (χ0n) is 39.7. The number of benzene rings is 1. The second-order valence-corrected chi connectivity index (χ2v) is 19.1. The van der Waals surface area contributed by atoms with Crippen molar-refractivity contribution in [1.82, 2.24) is 4.90 Å². The van der Waals surface area contributed by atoms with Gasteiger partial charge in [-0.1, -0.05) is 51.5 Å². The van der Waals surface area contributed by atoms with Crippen LogP contribution >= 0.6 is 0 Å². The van der Waals surface area contributed by atoms with Gasteiger partial charge in [-0.3, -0.25) is 14.4 Å². The third kappa shape index (κ3) is 12.5. The number of methoxy groups -OCH3 is 3. The number of Topliss-reactive ketones (excluding diaryl/α,β-unsaturated/α-hetero) is 2. The van der Waals surface area contributed by atoms with Gasteiger partial charge in [-0.05, 0) is 114 Å². The molecule has 3 N–H and O–H groups in total. The van der Waals surface area contributed by atoms with E-state index >= 15 is 0 Å². The molecular weight excluding hydrogens is 839 g/mol. The maximum Gasteiger partial charge on any atom is 0.335 e. The van der Waals surface area contributed by atoms with Gasteiger partial charge in [0, 0.05) is 52.0 Å². The van der Waals surface area contributed by atoms with Crippen molar-refractivity contribution in [3.8, 4) is 5.75 Å². The second kappa shape index (κ2) is 23.1. The van der Waals surface area contributed by atoms with E-state index in [4.69, 9.17) is 28.4 Å². The number of ether oxygens (including phenoxy) is 6. The first kappa shape index (κ1) is 52.0. The number of cyclic esters (lactones) is 1. The first-order valence-corrected chi connectivity index (χ1v) is 23.5. The van der Waals surface area contributed by atoms with E-state index in [1.165, 1.54) is 31.3 Å². The number of carbonyl (C=O) groups excluding carboxylic acids is 4. The number of nitrogens with zero attached hydrogens (tertiary/aromatic N) is 1. The summed E-state index contributed by atoms with van der Waals surface area (Å²) in [5, 5.41) is 33.4. The molecule has 65 heavy (non-hydrogen) atoms. The number of carboxylic acid groups (broad SMARTS) is 1. The fourth-order valence-corrected chi connectivity index (χ4v) is 10.4. The van der Waals surface area contributed by atoms with Crippen LogP contribution in [-0.4, -0.2) is 132 Å². The summed E-state index contributed by atoms with van der Waals surface area (Å²) >= 11 is 0. The highest BCUT2D eigenvalue weighted by Gasteiger charge is 2.56. The van der Waals surface area contributed by atoms with Crippen LogP contribution in [0.5, 0.6) is 5.75 Å². The molecule has 15 heteroatoms. The van der Waals surface area contributed by atoms with Crippen LogP contribution in [0, 0.1) is 29.6 Å². The van der Waals surface area contributed by atoms with E-state index in [2.05, 4.69) is 0 Å². The van der Waals surface area contributed by atoms with Gasteiger partial charge in [0.15, 0.2) is 0 Å². The fraction of sp³-hybridized carbons (Fsp3) is 0.700. The zero-order valence-corrected chi connectivity index (χ0v) is 39.7. The predicted molar refractivity (Wildman–Crippen MR) is 240 cm³/mol. The standard InChI is InChI=1S/C50H73NO14/c1-10-34-21-28(2)20-29(3)22-42(61-8)45-43(62-9)24-31(5)50(59,65-45)46(54)47(55)51-19-12-11-16-37(51)49(58)64-44(32(6)38(52)27-39(34)53)30(4)23-33-17-18-40(41(25-33)60-7)63-36-15-13-14-35(26-36)48(56)57/h13-15,21,23,26,29,31-34,37-38,40-45,52,59H,10-12,16-20,22,24-25,27H2,1-9H3,(H,56,57)/b28-21+,30-23?. The molecule has 1 aliphatic carbocycles. The number of carbonyl (C=O) groups is 5. The minimum atomic E-state index is -2.53. The number of carboxylic acids is 1. The molecule has 1 amide bonds. The molecule has 0 spiro atoms. The number of ketones is 2. The Morgan fingerprint density at radius 3 is 2.28 bits per heavy atom. The van der Waals surface area contributed by atoms with Crippen LogP contribution in [0.4, 0.5) is 0 Å². The molecule has 3 fully saturated rings. The Balaban J connectivity index is 1.48. The van der Waals surface area contributed by atoms with Crippen molar-refractivity contribution < 1.29 is 67.7 Å². The molecular formula is C50H73NO14. The van der Waals surface area contributed by atoms with Crippen molar-refractivity contribution in [3.63, 3.8) is 0 Å². The summed E-state index contributed by atoms with van der Waals surface area (Å²) in [4.78, 5) is 69.9. The number of rotatable bonds is 9. The number of hydrogen-bond donors (Lipinski definition) is 3. The van der Waals surface area contributed by atoms with Crippen LogP contribution in [0.3, 0.4) is 0 Å². The van der Waals surface area contributed by atoms with Gasteiger partial charge < -0.3 is 48.6 Å². The van der Waals surface area contributed by atoms with Gasteiger partial charge >= 0.3 is 11.9 Å². The molecule has 15 nitrogen and oxygen atoms in total. The van der Waals surface area contributed by atoms with Crippen molar-refractivity contribution >= 4 is 29.4 Å². The van der Waals surface area contributed by atoms with Crippen LogP contribution in [-0.2, 0) is 42.9 Å². The molecule has 1 aromatic rings. The van der Waals surface area contributed by atoms with E-state index in [0.717, 1.165) is 5.57 Å². The number of piperidine rings is 1. The number of aliphatic hydroxyl groups excluding tert-OH is 1. The van der Waals surface area contributed by atoms with E-state index in [9.17, 15) is 39.3 Å². The number of hydrogen-bond acceptors (Lipinski definition) is 13. The van der Waals surface area contributed by atoms with Crippen molar-refractivity contribution in [3.05, 3.63) is 53.1 Å². The van der Waals surface area contributed by atoms with Crippen LogP contribution < -0.4 is 4.74 Å². The molecule has 5 rings (SSSR count). The lowest BCUT2D eigenvalue weighted by Gasteiger charge is -2.47. The van der Waals surface area contributed by atoms with Gasteiger partial charge in [-0.25, -0.2) is 9.59 Å². The Bertz CT molecular complexity index is 1900. The van der Waals surface area contributed by atoms with Crippen molar-refractivity contribution in [1.29, 1.82) is 0 Å². The predicted octanol–water partition coefficient (Wildman–Crippen LogP) is 6.26. The van der Waals surface area contributed by atoms with Gasteiger partial charge in [-0.15, -0.1) is 0 Å². The lowest BCUT2D eigenvalue weighted by molar-refractivity contribution is -0.302. The van der Waals surface area contributed by atoms with E-state index in [1.807, 2.05) is 39.8 Å². The molecule has 4 aliphatic rings. The minimum Gasteiger partial charge on any atom is -0.488 e. The first-order valence-electron chi connectivity index (χ1n) is 23.5. The molecule has 1 saturated carbocycles. The highest BCUT2D eigenvalue weighted by Crippen LogP contribution is 2.39. The number of aromatic carboxylic acids is 1. The van der Waals surface area contributed by atoms with Gasteiger partial charge in [0.05, 0.1) is 30.0 Å². The van der Waals surface area contributed by atoms with Gasteiger partial charge in [0.25, 0.3) is 11.7 Å². The fourth-order valence-electron chi connectivity index (χ4n) is 10.4. The number of amides is 1. The Labute approximate surface area is 384 Å². The minimum absolute atomic E-state index is 0.0137. The Morgan fingerprint density at radius 2 is 1.62 bits per heavy atom. The Hall–Kier alpha value is -3.99. The van der Waals surface area contributed by atoms with Crippen LogP contribution in [0.1, 0.15) is 123 Å². The van der Waals surface area contributed by atoms with E-state index in [1.54, 1.807) is 33.1 Å². The van der Waals surface area contributed by atoms with Crippen molar-refractivity contribution in [2.75, 3.05) is 27.9 Å². The van der Waals surface area contributed by atoms with E-state index in [-0.39, 0.29) is 61.2 Å². The monoisotopic (exact) mass is 912 g/mol. The molecule has 3 aliphatic heterocycles. The molecule has 362 valence electrons. The number of allylic oxidation sites excluding steroid dienone is 3. The van der Waals surface area contributed by atoms with Gasteiger partial charge in [-0.2, -0.15) is 0 Å². The molecule has 1 aromatic carbocycles. The normalized spacial score (nSPS) is 37.3. The summed E-state index contributed by atoms with van der Waals surface area (Å²) in [6.45, 7) is 11.2. The molecule has 2 bridgehead atoms. The summed E-state index contributed by atoms with van der Waals surface area (Å²) in [6, 6.07) is 5.14. The molecule has 2 saturated heterocycles. The van der Waals surface area contributed by atoms with Gasteiger partial charge in [0.2, 0.25) is 5.79 Å². The molecule has 3 heterocycles. The van der Waals surface area contributed by atoms with Crippen LogP contribution in [0.15, 0.2) is 47.6 Å². The summed E-state index contributed by atoms with van der Waals surface area (Å²) in [5.41, 5.74) is 1.72. The van der Waals surface area contributed by atoms with E-state index < -0.39 is 83.7 Å². The number of fused-ring (bicyclic) bond motifs is 3. The SMILES string of the molecule is CCC1/C=C(\C)CC(C)CC(OC)C2OC(O)(C(=O)C(=O)N3CCCCC3C(=O)OC(C(C)=CC3CCC(Oc4cccc(C(=O)O)c4)C(OC)C3)C(C)C(O)CC1=O)C(C)CC2OC. The Kier molecular flexibility index (Phi) is 18.5. The maximum atomic E-state index is 14.5. The molecule has 0 aromatic heterocycles. The molecule has 14 unspecified atom stereocenters. The third-order valence-corrected chi connectivity index (χ3v) is 14.2. The lowest BCUT2D eigenvalue weighted by atomic mass is 9.81. The van der Waals surface area contributed by atoms with Crippen molar-refractivity contribution in [2.45, 2.75) is 167 Å². The maximum absolute atomic E-state index is 14.5. The topological polar surface area (TPSA) is 205 Å². The number of aliphatic hydroxyl groups is 2. The highest BCUT2D eigenvalue weighted by molar-refractivity contribution is 6.39. The van der Waals surface area contributed by atoms with Crippen molar-refractivity contribution in [2.24, 2.45) is 29.6 Å². The quantitative estimate of drug-likeness (QED) is 0.142. The average molecular weight is 912 g/mol. The first-order chi connectivity index (χ1) is 30.8. The van der Waals surface area contributed by atoms with Crippen LogP contribution in [0.2, 0.25) is 0 Å². The zero-order chi connectivity index (χ0) is 47.7. The summed E-state index contributed by atoms with van der Waals surface area (Å²) in [6.07, 6.45) is 3.58. The summed E-state index contributed by atoms with van der Waals surface area (Å²) in [5.74, 6) is -8.44. The third-order valence-electron chi connectivity index (χ3n) is 14.2. The van der Waals surface area contributed by atoms with Gasteiger partial charge in [0.1, 0.15) is 35.9 Å². The largest absolute Gasteiger partial charge is 0.488 e. The summed E-state index contributed by atoms with van der Waals surface area (Å²) < 4.78 is 36.5. The number of esters is 1. The lowest BCUT2D eigenvalue weighted by Crippen LogP contribution is -2.64. The smallest absolute Gasteiger partial charge is 0.335 e.